The number of aryl methyl sites for hydroxylation is 1. The first kappa shape index (κ1) is 13.7. The Balaban J connectivity index is 2.28. The summed E-state index contributed by atoms with van der Waals surface area (Å²) in [6.45, 7) is 5.40. The van der Waals surface area contributed by atoms with Gasteiger partial charge in [-0.2, -0.15) is 0 Å². The number of benzene rings is 1. The van der Waals surface area contributed by atoms with E-state index in [2.05, 4.69) is 29.1 Å². The molecule has 4 heteroatoms. The summed E-state index contributed by atoms with van der Waals surface area (Å²) in [4.78, 5) is 2.47. The number of anilines is 1. The van der Waals surface area contributed by atoms with Gasteiger partial charge in [-0.05, 0) is 50.5 Å². The van der Waals surface area contributed by atoms with Gasteiger partial charge in [0.05, 0.1) is 0 Å². The third-order valence-electron chi connectivity index (χ3n) is 3.98. The number of nitrogens with zero attached hydrogens (tertiary/aromatic N) is 2. The second-order valence-electron chi connectivity index (χ2n) is 5.38. The Morgan fingerprint density at radius 1 is 1.37 bits per heavy atom. The molecule has 0 amide bonds. The minimum absolute atomic E-state index is 0.174. The van der Waals surface area contributed by atoms with Crippen LogP contribution in [0.15, 0.2) is 23.4 Å². The second-order valence-corrected chi connectivity index (χ2v) is 5.38. The zero-order valence-corrected chi connectivity index (χ0v) is 11.8. The molecule has 0 aliphatic carbocycles. The van der Waals surface area contributed by atoms with Gasteiger partial charge in [0.1, 0.15) is 0 Å². The van der Waals surface area contributed by atoms with Crippen LogP contribution in [0.2, 0.25) is 0 Å². The van der Waals surface area contributed by atoms with Gasteiger partial charge in [-0.3, -0.25) is 0 Å². The fourth-order valence-electron chi connectivity index (χ4n) is 2.83. The maximum atomic E-state index is 8.76. The molecule has 1 fully saturated rings. The molecule has 0 aromatic heterocycles. The highest BCUT2D eigenvalue weighted by Crippen LogP contribution is 2.26. The van der Waals surface area contributed by atoms with Crippen molar-refractivity contribution in [3.05, 3.63) is 29.3 Å². The lowest BCUT2D eigenvalue weighted by Crippen LogP contribution is -2.32. The Hall–Kier alpha value is -1.71. The fraction of sp³-hybridized carbons (Fsp3) is 0.533. The molecule has 4 nitrogen and oxygen atoms in total. The van der Waals surface area contributed by atoms with Crippen LogP contribution in [-0.2, 0) is 0 Å². The van der Waals surface area contributed by atoms with E-state index < -0.39 is 0 Å². The maximum Gasteiger partial charge on any atom is 0.170 e. The van der Waals surface area contributed by atoms with E-state index in [9.17, 15) is 0 Å². The molecule has 3 N–H and O–H groups in total. The largest absolute Gasteiger partial charge is 0.409 e. The highest BCUT2D eigenvalue weighted by atomic mass is 16.4. The monoisotopic (exact) mass is 261 g/mol. The van der Waals surface area contributed by atoms with Crippen LogP contribution in [0.5, 0.6) is 0 Å². The standard InChI is InChI=1S/C15H23N3O/c1-11-10-13(7-8-14(11)15(16)17-19)18-9-5-3-4-6-12(18)2/h7-8,10,12,19H,3-6,9H2,1-2H3,(H2,16,17). The lowest BCUT2D eigenvalue weighted by atomic mass is 10.1. The minimum atomic E-state index is 0.174. The predicted octanol–water partition coefficient (Wildman–Crippen LogP) is 2.86. The van der Waals surface area contributed by atoms with Crippen molar-refractivity contribution in [1.82, 2.24) is 0 Å². The van der Waals surface area contributed by atoms with E-state index in [4.69, 9.17) is 10.9 Å². The van der Waals surface area contributed by atoms with E-state index in [0.717, 1.165) is 17.7 Å². The summed E-state index contributed by atoms with van der Waals surface area (Å²) in [7, 11) is 0. The van der Waals surface area contributed by atoms with Crippen LogP contribution in [0.25, 0.3) is 0 Å². The van der Waals surface area contributed by atoms with Crippen molar-refractivity contribution in [2.45, 2.75) is 45.6 Å². The van der Waals surface area contributed by atoms with Gasteiger partial charge in [0.2, 0.25) is 0 Å². The molecule has 1 aliphatic heterocycles. The summed E-state index contributed by atoms with van der Waals surface area (Å²) in [5.41, 5.74) is 8.75. The van der Waals surface area contributed by atoms with E-state index in [0.29, 0.717) is 6.04 Å². The van der Waals surface area contributed by atoms with Crippen molar-refractivity contribution in [2.75, 3.05) is 11.4 Å². The van der Waals surface area contributed by atoms with E-state index in [1.54, 1.807) is 0 Å². The van der Waals surface area contributed by atoms with Gasteiger partial charge in [-0.25, -0.2) is 0 Å². The molecular weight excluding hydrogens is 238 g/mol. The Bertz CT molecular complexity index is 470. The summed E-state index contributed by atoms with van der Waals surface area (Å²) in [6, 6.07) is 6.73. The molecule has 1 atom stereocenters. The Kier molecular flexibility index (Phi) is 4.30. The highest BCUT2D eigenvalue weighted by Gasteiger charge is 2.18. The molecule has 0 saturated carbocycles. The van der Waals surface area contributed by atoms with Crippen LogP contribution in [-0.4, -0.2) is 23.6 Å². The Morgan fingerprint density at radius 3 is 2.84 bits per heavy atom. The fourth-order valence-corrected chi connectivity index (χ4v) is 2.83. The number of nitrogens with two attached hydrogens (primary N) is 1. The maximum absolute atomic E-state index is 8.76. The average molecular weight is 261 g/mol. The topological polar surface area (TPSA) is 61.8 Å². The summed E-state index contributed by atoms with van der Waals surface area (Å²) < 4.78 is 0. The van der Waals surface area contributed by atoms with E-state index in [-0.39, 0.29) is 5.84 Å². The first-order valence-electron chi connectivity index (χ1n) is 6.98. The molecule has 1 unspecified atom stereocenters. The SMILES string of the molecule is Cc1cc(N2CCCCCC2C)ccc1/C(N)=N/O. The number of hydrogen-bond acceptors (Lipinski definition) is 3. The van der Waals surface area contributed by atoms with Crippen LogP contribution in [0.4, 0.5) is 5.69 Å². The molecule has 1 heterocycles. The lowest BCUT2D eigenvalue weighted by Gasteiger charge is -2.30. The highest BCUT2D eigenvalue weighted by molar-refractivity contribution is 5.98. The molecule has 0 spiro atoms. The van der Waals surface area contributed by atoms with Crippen LogP contribution in [0, 0.1) is 6.92 Å². The number of rotatable bonds is 2. The zero-order chi connectivity index (χ0) is 13.8. The van der Waals surface area contributed by atoms with Crippen LogP contribution < -0.4 is 10.6 Å². The van der Waals surface area contributed by atoms with E-state index >= 15 is 0 Å². The van der Waals surface area contributed by atoms with Crippen LogP contribution in [0.3, 0.4) is 0 Å². The quantitative estimate of drug-likeness (QED) is 0.372. The lowest BCUT2D eigenvalue weighted by molar-refractivity contribution is 0.318. The smallest absolute Gasteiger partial charge is 0.170 e. The number of oxime groups is 1. The van der Waals surface area contributed by atoms with Crippen molar-refractivity contribution in [3.63, 3.8) is 0 Å². The normalized spacial score (nSPS) is 21.3. The Labute approximate surface area is 114 Å². The molecule has 104 valence electrons. The minimum Gasteiger partial charge on any atom is -0.409 e. The molecule has 19 heavy (non-hydrogen) atoms. The number of amidine groups is 1. The van der Waals surface area contributed by atoms with Crippen LogP contribution >= 0.6 is 0 Å². The summed E-state index contributed by atoms with van der Waals surface area (Å²) >= 11 is 0. The molecule has 1 aliphatic rings. The summed E-state index contributed by atoms with van der Waals surface area (Å²) in [5, 5.41) is 11.8. The average Bonchev–Trinajstić information content (AvgIpc) is 2.62. The van der Waals surface area contributed by atoms with E-state index in [1.165, 1.54) is 31.4 Å². The van der Waals surface area contributed by atoms with Crippen LogP contribution in [0.1, 0.15) is 43.7 Å². The van der Waals surface area contributed by atoms with Crippen molar-refractivity contribution >= 4 is 11.5 Å². The van der Waals surface area contributed by atoms with Gasteiger partial charge in [0.15, 0.2) is 5.84 Å². The second kappa shape index (κ2) is 5.95. The van der Waals surface area contributed by atoms with E-state index in [1.807, 2.05) is 13.0 Å². The molecular formula is C15H23N3O. The third-order valence-corrected chi connectivity index (χ3v) is 3.98. The first-order valence-corrected chi connectivity index (χ1v) is 6.98. The van der Waals surface area contributed by atoms with Crippen molar-refractivity contribution in [1.29, 1.82) is 0 Å². The molecule has 0 bridgehead atoms. The number of hydrogen-bond donors (Lipinski definition) is 2. The van der Waals surface area contributed by atoms with Gasteiger partial charge in [0, 0.05) is 23.8 Å². The predicted molar refractivity (Wildman–Crippen MR) is 79.0 cm³/mol. The molecule has 0 radical (unpaired) electrons. The summed E-state index contributed by atoms with van der Waals surface area (Å²) in [5.74, 6) is 0.174. The molecule has 1 aromatic carbocycles. The molecule has 1 aromatic rings. The third kappa shape index (κ3) is 3.00. The zero-order valence-electron chi connectivity index (χ0n) is 11.8. The van der Waals surface area contributed by atoms with Crippen molar-refractivity contribution < 1.29 is 5.21 Å². The first-order chi connectivity index (χ1) is 9.13. The molecule has 1 saturated heterocycles. The molecule has 2 rings (SSSR count). The summed E-state index contributed by atoms with van der Waals surface area (Å²) in [6.07, 6.45) is 5.15. The van der Waals surface area contributed by atoms with Gasteiger partial charge in [-0.1, -0.05) is 18.0 Å². The van der Waals surface area contributed by atoms with Gasteiger partial charge < -0.3 is 15.8 Å². The van der Waals surface area contributed by atoms with Gasteiger partial charge in [-0.15, -0.1) is 0 Å². The Morgan fingerprint density at radius 2 is 2.16 bits per heavy atom. The van der Waals surface area contributed by atoms with Gasteiger partial charge >= 0.3 is 0 Å². The van der Waals surface area contributed by atoms with Crippen molar-refractivity contribution in [2.24, 2.45) is 10.9 Å². The van der Waals surface area contributed by atoms with Gasteiger partial charge in [0.25, 0.3) is 0 Å². The van der Waals surface area contributed by atoms with Crippen molar-refractivity contribution in [3.8, 4) is 0 Å².